The van der Waals surface area contributed by atoms with E-state index in [1.807, 2.05) is 0 Å². The number of hydrogen-bond donors (Lipinski definition) is 1. The van der Waals surface area contributed by atoms with Gasteiger partial charge in [0.25, 0.3) is 5.91 Å². The quantitative estimate of drug-likeness (QED) is 0.789. The van der Waals surface area contributed by atoms with Gasteiger partial charge < -0.3 is 5.32 Å². The maximum absolute atomic E-state index is 12.6. The summed E-state index contributed by atoms with van der Waals surface area (Å²) in [5.74, 6) is 0.484. The van der Waals surface area contributed by atoms with Gasteiger partial charge in [-0.2, -0.15) is 4.31 Å². The van der Waals surface area contributed by atoms with Crippen molar-refractivity contribution < 1.29 is 13.2 Å². The van der Waals surface area contributed by atoms with Gasteiger partial charge in [0.15, 0.2) is 0 Å². The zero-order valence-electron chi connectivity index (χ0n) is 15.6. The Labute approximate surface area is 157 Å². The molecule has 5 nitrogen and oxygen atoms in total. The number of carbonyl (C=O) groups is 1. The highest BCUT2D eigenvalue weighted by Crippen LogP contribution is 2.30. The van der Waals surface area contributed by atoms with Gasteiger partial charge in [-0.3, -0.25) is 4.79 Å². The molecule has 1 N–H and O–H groups in total. The summed E-state index contributed by atoms with van der Waals surface area (Å²) in [5, 5.41) is 3.17. The van der Waals surface area contributed by atoms with Crippen molar-refractivity contribution in [1.29, 1.82) is 0 Å². The van der Waals surface area contributed by atoms with E-state index in [1.54, 1.807) is 24.3 Å². The summed E-state index contributed by atoms with van der Waals surface area (Å²) < 4.78 is 26.7. The van der Waals surface area contributed by atoms with Crippen molar-refractivity contribution in [2.75, 3.05) is 13.1 Å². The number of unbranched alkanes of at least 4 members (excludes halogenated alkanes) is 1. The van der Waals surface area contributed by atoms with Crippen LogP contribution in [0.25, 0.3) is 0 Å². The van der Waals surface area contributed by atoms with Crippen molar-refractivity contribution in [3.05, 3.63) is 29.8 Å². The second kappa shape index (κ2) is 8.53. The minimum Gasteiger partial charge on any atom is -0.349 e. The smallest absolute Gasteiger partial charge is 0.251 e. The summed E-state index contributed by atoms with van der Waals surface area (Å²) in [6.45, 7) is 3.37. The Morgan fingerprint density at radius 1 is 1.12 bits per heavy atom. The van der Waals surface area contributed by atoms with Gasteiger partial charge in [0.1, 0.15) is 0 Å². The molecule has 1 aromatic rings. The number of benzene rings is 1. The Morgan fingerprint density at radius 2 is 1.81 bits per heavy atom. The summed E-state index contributed by atoms with van der Waals surface area (Å²) in [4.78, 5) is 12.8. The van der Waals surface area contributed by atoms with Crippen LogP contribution in [0.4, 0.5) is 0 Å². The molecular formula is C20H30N2O3S. The van der Waals surface area contributed by atoms with Crippen molar-refractivity contribution in [2.45, 2.75) is 69.2 Å². The second-order valence-electron chi connectivity index (χ2n) is 7.55. The Kier molecular flexibility index (Phi) is 6.35. The van der Waals surface area contributed by atoms with Gasteiger partial charge in [-0.1, -0.05) is 26.2 Å². The third kappa shape index (κ3) is 4.29. The molecule has 1 amide bonds. The lowest BCUT2D eigenvalue weighted by molar-refractivity contribution is 0.0926. The van der Waals surface area contributed by atoms with Gasteiger partial charge >= 0.3 is 0 Å². The largest absolute Gasteiger partial charge is 0.349 e. The van der Waals surface area contributed by atoms with Gasteiger partial charge in [-0.15, -0.1) is 0 Å². The maximum Gasteiger partial charge on any atom is 0.251 e. The van der Waals surface area contributed by atoms with Crippen LogP contribution in [0, 0.1) is 5.92 Å². The normalized spacial score (nSPS) is 24.0. The van der Waals surface area contributed by atoms with Crippen LogP contribution in [-0.4, -0.2) is 37.8 Å². The maximum atomic E-state index is 12.6. The highest BCUT2D eigenvalue weighted by molar-refractivity contribution is 7.89. The number of hydrogen-bond acceptors (Lipinski definition) is 3. The molecule has 0 radical (unpaired) electrons. The minimum absolute atomic E-state index is 0.0940. The monoisotopic (exact) mass is 378 g/mol. The average Bonchev–Trinajstić information content (AvgIpc) is 3.32. The lowest BCUT2D eigenvalue weighted by atomic mass is 9.96. The second-order valence-corrected chi connectivity index (χ2v) is 9.49. The van der Waals surface area contributed by atoms with Gasteiger partial charge in [0, 0.05) is 24.7 Å². The number of nitrogens with one attached hydrogen (secondary N) is 1. The Hall–Kier alpha value is -1.40. The summed E-state index contributed by atoms with van der Waals surface area (Å²) in [6.07, 6.45) is 8.81. The lowest BCUT2D eigenvalue weighted by Crippen LogP contribution is -2.37. The topological polar surface area (TPSA) is 66.5 Å². The molecule has 26 heavy (non-hydrogen) atoms. The number of rotatable bonds is 7. The average molecular weight is 379 g/mol. The van der Waals surface area contributed by atoms with E-state index in [9.17, 15) is 13.2 Å². The number of amides is 1. The summed E-state index contributed by atoms with van der Waals surface area (Å²) >= 11 is 0. The molecule has 2 unspecified atom stereocenters. The predicted octanol–water partition coefficient (Wildman–Crippen LogP) is 3.56. The van der Waals surface area contributed by atoms with E-state index in [1.165, 1.54) is 36.4 Å². The van der Waals surface area contributed by atoms with Crippen LogP contribution in [0.5, 0.6) is 0 Å². The fourth-order valence-corrected chi connectivity index (χ4v) is 5.66. The van der Waals surface area contributed by atoms with Crippen LogP contribution in [0.1, 0.15) is 68.6 Å². The van der Waals surface area contributed by atoms with Crippen LogP contribution in [0.15, 0.2) is 29.2 Å². The van der Waals surface area contributed by atoms with Crippen molar-refractivity contribution in [1.82, 2.24) is 9.62 Å². The first-order valence-electron chi connectivity index (χ1n) is 9.93. The summed E-state index contributed by atoms with van der Waals surface area (Å²) in [7, 11) is -3.42. The molecule has 1 aliphatic heterocycles. The van der Waals surface area contributed by atoms with Crippen molar-refractivity contribution in [3.8, 4) is 0 Å². The van der Waals surface area contributed by atoms with E-state index in [0.717, 1.165) is 19.3 Å². The van der Waals surface area contributed by atoms with E-state index in [4.69, 9.17) is 0 Å². The third-order valence-corrected chi connectivity index (χ3v) is 7.64. The van der Waals surface area contributed by atoms with Crippen LogP contribution < -0.4 is 5.32 Å². The number of carbonyl (C=O) groups excluding carboxylic acids is 1. The van der Waals surface area contributed by atoms with Crippen LogP contribution in [-0.2, 0) is 10.0 Å². The predicted molar refractivity (Wildman–Crippen MR) is 103 cm³/mol. The number of nitrogens with zero attached hydrogens (tertiary/aromatic N) is 1. The van der Waals surface area contributed by atoms with E-state index >= 15 is 0 Å². The molecule has 1 heterocycles. The minimum atomic E-state index is -3.42. The first kappa shape index (κ1) is 19.4. The van der Waals surface area contributed by atoms with Crippen molar-refractivity contribution in [3.63, 3.8) is 0 Å². The van der Waals surface area contributed by atoms with Gasteiger partial charge in [0.2, 0.25) is 10.0 Å². The van der Waals surface area contributed by atoms with Gasteiger partial charge in [-0.05, 0) is 62.3 Å². The molecule has 3 rings (SSSR count). The van der Waals surface area contributed by atoms with Crippen molar-refractivity contribution >= 4 is 15.9 Å². The standard InChI is InChI=1S/C20H30N2O3S/c1-2-3-7-16-8-6-9-19(16)21-20(23)17-10-12-18(13-11-17)26(24,25)22-14-4-5-15-22/h10-13,16,19H,2-9,14-15H2,1H3,(H,21,23). The van der Waals surface area contributed by atoms with E-state index < -0.39 is 10.0 Å². The zero-order valence-corrected chi connectivity index (χ0v) is 16.4. The lowest BCUT2D eigenvalue weighted by Gasteiger charge is -2.21. The SMILES string of the molecule is CCCCC1CCCC1NC(=O)c1ccc(S(=O)(=O)N2CCCC2)cc1. The molecule has 2 fully saturated rings. The molecule has 0 spiro atoms. The summed E-state index contributed by atoms with van der Waals surface area (Å²) in [5.41, 5.74) is 0.534. The van der Waals surface area contributed by atoms with E-state index in [2.05, 4.69) is 12.2 Å². The molecule has 2 atom stereocenters. The molecule has 144 valence electrons. The molecule has 1 aromatic carbocycles. The van der Waals surface area contributed by atoms with Crippen molar-refractivity contribution in [2.24, 2.45) is 5.92 Å². The zero-order chi connectivity index (χ0) is 18.6. The highest BCUT2D eigenvalue weighted by Gasteiger charge is 2.29. The third-order valence-electron chi connectivity index (χ3n) is 5.72. The summed E-state index contributed by atoms with van der Waals surface area (Å²) in [6, 6.07) is 6.64. The van der Waals surface area contributed by atoms with E-state index in [0.29, 0.717) is 24.6 Å². The van der Waals surface area contributed by atoms with Gasteiger partial charge in [0.05, 0.1) is 4.90 Å². The van der Waals surface area contributed by atoms with Crippen LogP contribution in [0.3, 0.4) is 0 Å². The fraction of sp³-hybridized carbons (Fsp3) is 0.650. The highest BCUT2D eigenvalue weighted by atomic mass is 32.2. The van der Waals surface area contributed by atoms with Crippen LogP contribution in [0.2, 0.25) is 0 Å². The molecule has 1 aliphatic carbocycles. The fourth-order valence-electron chi connectivity index (χ4n) is 4.15. The molecule has 1 saturated carbocycles. The number of sulfonamides is 1. The molecular weight excluding hydrogens is 348 g/mol. The van der Waals surface area contributed by atoms with E-state index in [-0.39, 0.29) is 16.8 Å². The molecule has 1 saturated heterocycles. The molecule has 6 heteroatoms. The van der Waals surface area contributed by atoms with Gasteiger partial charge in [-0.25, -0.2) is 8.42 Å². The molecule has 2 aliphatic rings. The molecule has 0 aromatic heterocycles. The Morgan fingerprint density at radius 3 is 2.46 bits per heavy atom. The Bertz CT molecular complexity index is 709. The Balaban J connectivity index is 1.63. The van der Waals surface area contributed by atoms with Crippen LogP contribution >= 0.6 is 0 Å². The molecule has 0 bridgehead atoms. The first-order chi connectivity index (χ1) is 12.5. The first-order valence-corrected chi connectivity index (χ1v) is 11.4.